The van der Waals surface area contributed by atoms with Crippen LogP contribution in [0.15, 0.2) is 67.3 Å². The van der Waals surface area contributed by atoms with E-state index in [0.29, 0.717) is 29.2 Å². The Morgan fingerprint density at radius 2 is 1.75 bits per heavy atom. The number of hydrogen-bond acceptors (Lipinski definition) is 8. The number of aromatic nitrogens is 5. The van der Waals surface area contributed by atoms with E-state index in [9.17, 15) is 4.39 Å². The van der Waals surface area contributed by atoms with Crippen LogP contribution in [0.25, 0.3) is 11.3 Å². The van der Waals surface area contributed by atoms with E-state index in [0.717, 1.165) is 11.1 Å². The second-order valence-electron chi connectivity index (χ2n) is 6.68. The van der Waals surface area contributed by atoms with Gasteiger partial charge in [0.1, 0.15) is 17.5 Å². The Kier molecular flexibility index (Phi) is 7.45. The van der Waals surface area contributed by atoms with E-state index in [1.54, 1.807) is 56.2 Å². The number of rotatable bonds is 7. The number of ether oxygens (including phenoxy) is 1. The normalized spacial score (nSPS) is 11.2. The number of anilines is 3. The molecule has 8 nitrogen and oxygen atoms in total. The fourth-order valence-electron chi connectivity index (χ4n) is 2.90. The third-order valence-corrected chi connectivity index (χ3v) is 4.50. The first-order valence-electron chi connectivity index (χ1n) is 9.55. The predicted octanol–water partition coefficient (Wildman–Crippen LogP) is 4.81. The minimum absolute atomic E-state index is 0. The van der Waals surface area contributed by atoms with E-state index in [4.69, 9.17) is 4.74 Å². The molecule has 3 aromatic heterocycles. The summed E-state index contributed by atoms with van der Waals surface area (Å²) in [7, 11) is 1.56. The lowest BCUT2D eigenvalue weighted by Crippen LogP contribution is -2.11. The van der Waals surface area contributed by atoms with Crippen LogP contribution in [0.5, 0.6) is 5.88 Å². The van der Waals surface area contributed by atoms with Crippen molar-refractivity contribution in [3.05, 3.63) is 78.6 Å². The van der Waals surface area contributed by atoms with Crippen molar-refractivity contribution in [2.45, 2.75) is 13.0 Å². The second-order valence-corrected chi connectivity index (χ2v) is 6.68. The molecule has 10 heteroatoms. The SMILES string of the molecule is COc1ccc(-c2cc(Nc3cnccn3)nc(NC(C)c3ccc(F)cc3)n2)cn1.Cl. The molecule has 0 aliphatic heterocycles. The maximum Gasteiger partial charge on any atom is 0.225 e. The quantitative estimate of drug-likeness (QED) is 0.411. The van der Waals surface area contributed by atoms with Gasteiger partial charge >= 0.3 is 0 Å². The summed E-state index contributed by atoms with van der Waals surface area (Å²) in [5.74, 6) is 1.72. The van der Waals surface area contributed by atoms with E-state index < -0.39 is 0 Å². The molecule has 1 atom stereocenters. The largest absolute Gasteiger partial charge is 0.481 e. The van der Waals surface area contributed by atoms with Crippen molar-refractivity contribution in [3.63, 3.8) is 0 Å². The van der Waals surface area contributed by atoms with Gasteiger partial charge in [-0.2, -0.15) is 4.98 Å². The first-order valence-corrected chi connectivity index (χ1v) is 9.55. The average molecular weight is 454 g/mol. The summed E-state index contributed by atoms with van der Waals surface area (Å²) in [4.78, 5) is 21.7. The number of nitrogens with one attached hydrogen (secondary N) is 2. The van der Waals surface area contributed by atoms with Crippen LogP contribution in [-0.4, -0.2) is 32.0 Å². The van der Waals surface area contributed by atoms with Crippen molar-refractivity contribution in [2.24, 2.45) is 0 Å². The first-order chi connectivity index (χ1) is 15.1. The van der Waals surface area contributed by atoms with Gasteiger partial charge in [-0.15, -0.1) is 12.4 Å². The number of hydrogen-bond donors (Lipinski definition) is 2. The molecule has 4 rings (SSSR count). The molecule has 0 aliphatic carbocycles. The van der Waals surface area contributed by atoms with Crippen LogP contribution in [0.3, 0.4) is 0 Å². The summed E-state index contributed by atoms with van der Waals surface area (Å²) in [6.45, 7) is 1.95. The minimum Gasteiger partial charge on any atom is -0.481 e. The monoisotopic (exact) mass is 453 g/mol. The Hall–Kier alpha value is -3.85. The topological polar surface area (TPSA) is 97.7 Å². The highest BCUT2D eigenvalue weighted by atomic mass is 35.5. The molecule has 0 saturated carbocycles. The highest BCUT2D eigenvalue weighted by Gasteiger charge is 2.12. The first kappa shape index (κ1) is 22.8. The molecule has 0 bridgehead atoms. The Morgan fingerprint density at radius 1 is 0.938 bits per heavy atom. The van der Waals surface area contributed by atoms with Crippen molar-refractivity contribution in [1.29, 1.82) is 0 Å². The summed E-state index contributed by atoms with van der Waals surface area (Å²) in [5, 5.41) is 6.41. The van der Waals surface area contributed by atoms with Gasteiger partial charge in [-0.3, -0.25) is 4.98 Å². The summed E-state index contributed by atoms with van der Waals surface area (Å²) < 4.78 is 18.4. The molecule has 4 aromatic rings. The lowest BCUT2D eigenvalue weighted by Gasteiger charge is -2.16. The lowest BCUT2D eigenvalue weighted by atomic mass is 10.1. The molecule has 0 aliphatic rings. The van der Waals surface area contributed by atoms with Gasteiger partial charge in [0, 0.05) is 36.3 Å². The smallest absolute Gasteiger partial charge is 0.225 e. The minimum atomic E-state index is -0.281. The van der Waals surface area contributed by atoms with Crippen LogP contribution in [0.1, 0.15) is 18.5 Å². The van der Waals surface area contributed by atoms with Gasteiger partial charge in [-0.05, 0) is 30.7 Å². The molecule has 1 aromatic carbocycles. The molecule has 32 heavy (non-hydrogen) atoms. The molecule has 0 saturated heterocycles. The molecule has 0 radical (unpaired) electrons. The van der Waals surface area contributed by atoms with Crippen molar-refractivity contribution >= 4 is 30.0 Å². The van der Waals surface area contributed by atoms with E-state index in [-0.39, 0.29) is 24.3 Å². The molecular formula is C22H21ClFN7O. The van der Waals surface area contributed by atoms with Crippen LogP contribution in [0.2, 0.25) is 0 Å². The number of pyridine rings is 1. The third-order valence-electron chi connectivity index (χ3n) is 4.50. The fourth-order valence-corrected chi connectivity index (χ4v) is 2.90. The van der Waals surface area contributed by atoms with Gasteiger partial charge in [0.05, 0.1) is 25.0 Å². The Labute approximate surface area is 190 Å². The summed E-state index contributed by atoms with van der Waals surface area (Å²) in [6, 6.07) is 11.6. The van der Waals surface area contributed by atoms with E-state index >= 15 is 0 Å². The number of benzene rings is 1. The van der Waals surface area contributed by atoms with Crippen LogP contribution in [0.4, 0.5) is 22.0 Å². The Balaban J connectivity index is 0.00000289. The zero-order chi connectivity index (χ0) is 21.6. The maximum atomic E-state index is 13.3. The molecule has 3 heterocycles. The van der Waals surface area contributed by atoms with Crippen molar-refractivity contribution < 1.29 is 9.13 Å². The van der Waals surface area contributed by atoms with Gasteiger partial charge in [0.25, 0.3) is 0 Å². The van der Waals surface area contributed by atoms with E-state index in [1.165, 1.54) is 12.1 Å². The standard InChI is InChI=1S/C22H20FN7O.ClH/c1-14(15-3-6-17(23)7-4-15)27-22-28-18(16-5-8-21(31-2)26-12-16)11-19(30-22)29-20-13-24-9-10-25-20;/h3-14H,1-2H3,(H2,25,27,28,29,30);1H. The Morgan fingerprint density at radius 3 is 2.41 bits per heavy atom. The molecule has 164 valence electrons. The zero-order valence-corrected chi connectivity index (χ0v) is 18.2. The van der Waals surface area contributed by atoms with Crippen LogP contribution >= 0.6 is 12.4 Å². The van der Waals surface area contributed by atoms with Gasteiger partial charge in [0.15, 0.2) is 0 Å². The number of nitrogens with zero attached hydrogens (tertiary/aromatic N) is 5. The van der Waals surface area contributed by atoms with Crippen LogP contribution in [-0.2, 0) is 0 Å². The van der Waals surface area contributed by atoms with Crippen molar-refractivity contribution in [2.75, 3.05) is 17.7 Å². The summed E-state index contributed by atoms with van der Waals surface area (Å²) in [5.41, 5.74) is 2.36. The van der Waals surface area contributed by atoms with E-state index in [2.05, 4.69) is 35.6 Å². The van der Waals surface area contributed by atoms with Crippen molar-refractivity contribution in [3.8, 4) is 17.1 Å². The molecule has 0 amide bonds. The zero-order valence-electron chi connectivity index (χ0n) is 17.4. The van der Waals surface area contributed by atoms with Crippen molar-refractivity contribution in [1.82, 2.24) is 24.9 Å². The molecule has 1 unspecified atom stereocenters. The number of halogens is 2. The lowest BCUT2D eigenvalue weighted by molar-refractivity contribution is 0.398. The molecule has 0 spiro atoms. The summed E-state index contributed by atoms with van der Waals surface area (Å²) >= 11 is 0. The van der Waals surface area contributed by atoms with Gasteiger partial charge < -0.3 is 15.4 Å². The van der Waals surface area contributed by atoms with Crippen LogP contribution in [0, 0.1) is 5.82 Å². The highest BCUT2D eigenvalue weighted by Crippen LogP contribution is 2.25. The maximum absolute atomic E-state index is 13.3. The summed E-state index contributed by atoms with van der Waals surface area (Å²) in [6.07, 6.45) is 6.47. The predicted molar refractivity (Wildman–Crippen MR) is 123 cm³/mol. The fraction of sp³-hybridized carbons (Fsp3) is 0.136. The average Bonchev–Trinajstić information content (AvgIpc) is 2.80. The van der Waals surface area contributed by atoms with E-state index in [1.807, 2.05) is 13.0 Å². The molecular weight excluding hydrogens is 433 g/mol. The van der Waals surface area contributed by atoms with Gasteiger partial charge in [-0.1, -0.05) is 12.1 Å². The van der Waals surface area contributed by atoms with Gasteiger partial charge in [0.2, 0.25) is 11.8 Å². The third kappa shape index (κ3) is 5.64. The number of methoxy groups -OCH3 is 1. The van der Waals surface area contributed by atoms with Gasteiger partial charge in [-0.25, -0.2) is 19.3 Å². The second kappa shape index (κ2) is 10.5. The Bertz CT molecular complexity index is 1150. The molecule has 0 fully saturated rings. The molecule has 2 N–H and O–H groups in total. The van der Waals surface area contributed by atoms with Crippen LogP contribution < -0.4 is 15.4 Å². The highest BCUT2D eigenvalue weighted by molar-refractivity contribution is 5.85.